The van der Waals surface area contributed by atoms with Crippen molar-refractivity contribution in [2.45, 2.75) is 50.6 Å². The molecular formula is C27H28N2O5. The van der Waals surface area contributed by atoms with Gasteiger partial charge >= 0.3 is 12.1 Å². The van der Waals surface area contributed by atoms with Crippen molar-refractivity contribution in [3.05, 3.63) is 59.7 Å². The number of carbonyl (C=O) groups excluding carboxylic acids is 2. The third kappa shape index (κ3) is 4.91. The minimum atomic E-state index is -1.16. The number of fused-ring (bicyclic) bond motifs is 3. The molecule has 2 aromatic carbocycles. The van der Waals surface area contributed by atoms with Crippen molar-refractivity contribution >= 4 is 18.0 Å². The van der Waals surface area contributed by atoms with E-state index in [1.165, 1.54) is 0 Å². The average Bonchev–Trinajstić information content (AvgIpc) is 3.12. The van der Waals surface area contributed by atoms with Crippen molar-refractivity contribution in [2.75, 3.05) is 6.61 Å². The van der Waals surface area contributed by atoms with Gasteiger partial charge in [-0.25, -0.2) is 9.59 Å². The number of nitrogens with one attached hydrogen (secondary N) is 2. The molecular weight excluding hydrogens is 432 g/mol. The summed E-state index contributed by atoms with van der Waals surface area (Å²) in [5.41, 5.74) is 4.47. The molecule has 34 heavy (non-hydrogen) atoms. The summed E-state index contributed by atoms with van der Waals surface area (Å²) in [6.45, 7) is 1.75. The van der Waals surface area contributed by atoms with Crippen molar-refractivity contribution in [1.29, 1.82) is 0 Å². The highest BCUT2D eigenvalue weighted by molar-refractivity contribution is 5.89. The van der Waals surface area contributed by atoms with Gasteiger partial charge in [-0.15, -0.1) is 11.8 Å². The van der Waals surface area contributed by atoms with E-state index >= 15 is 0 Å². The van der Waals surface area contributed by atoms with Crippen LogP contribution in [0.1, 0.15) is 49.7 Å². The van der Waals surface area contributed by atoms with Crippen LogP contribution < -0.4 is 10.6 Å². The van der Waals surface area contributed by atoms with Gasteiger partial charge in [-0.2, -0.15) is 0 Å². The first-order chi connectivity index (χ1) is 16.5. The number of carboxylic acid groups (broad SMARTS) is 1. The maximum absolute atomic E-state index is 12.9. The lowest BCUT2D eigenvalue weighted by Crippen LogP contribution is -2.55. The van der Waals surface area contributed by atoms with Gasteiger partial charge in [0.05, 0.1) is 0 Å². The second-order valence-corrected chi connectivity index (χ2v) is 8.67. The van der Waals surface area contributed by atoms with Gasteiger partial charge in [0, 0.05) is 12.3 Å². The second-order valence-electron chi connectivity index (χ2n) is 8.67. The van der Waals surface area contributed by atoms with Gasteiger partial charge in [-0.05, 0) is 47.9 Å². The van der Waals surface area contributed by atoms with Crippen molar-refractivity contribution < 1.29 is 24.2 Å². The number of carboxylic acids is 1. The number of benzene rings is 2. The first kappa shape index (κ1) is 23.4. The molecule has 0 bridgehead atoms. The van der Waals surface area contributed by atoms with Crippen LogP contribution in [-0.4, -0.2) is 41.8 Å². The zero-order valence-corrected chi connectivity index (χ0v) is 19.0. The Morgan fingerprint density at radius 3 is 2.18 bits per heavy atom. The summed E-state index contributed by atoms with van der Waals surface area (Å²) >= 11 is 0. The van der Waals surface area contributed by atoms with Gasteiger partial charge in [0.2, 0.25) is 5.91 Å². The minimum Gasteiger partial charge on any atom is -0.480 e. The van der Waals surface area contributed by atoms with E-state index in [1.807, 2.05) is 36.4 Å². The van der Waals surface area contributed by atoms with Crippen LogP contribution in [0.15, 0.2) is 48.5 Å². The van der Waals surface area contributed by atoms with E-state index in [9.17, 15) is 19.5 Å². The Hall–Kier alpha value is -3.79. The molecule has 2 atom stereocenters. The molecule has 0 aromatic heterocycles. The van der Waals surface area contributed by atoms with E-state index in [4.69, 9.17) is 4.74 Å². The Bertz CT molecular complexity index is 1100. The molecule has 176 valence electrons. The predicted molar refractivity (Wildman–Crippen MR) is 127 cm³/mol. The molecule has 0 aliphatic heterocycles. The zero-order valence-electron chi connectivity index (χ0n) is 19.0. The van der Waals surface area contributed by atoms with E-state index in [0.29, 0.717) is 0 Å². The topological polar surface area (TPSA) is 105 Å². The van der Waals surface area contributed by atoms with Gasteiger partial charge < -0.3 is 20.5 Å². The highest BCUT2D eigenvalue weighted by Gasteiger charge is 2.36. The number of alkyl carbamates (subject to hydrolysis) is 1. The van der Waals surface area contributed by atoms with Crippen molar-refractivity contribution in [2.24, 2.45) is 5.92 Å². The van der Waals surface area contributed by atoms with Crippen LogP contribution in [0.3, 0.4) is 0 Å². The standard InChI is InChI=1S/C27H28N2O5/c1-2-3-15-23(26(31)32)28-25(30)24(17-9-8-10-17)29-27(33)34-16-22-20-13-6-4-11-18(20)19-12-5-7-14-21(19)22/h4-7,11-14,17,22-24H,8-10,15-16H2,1H3,(H,28,30)(H,29,33)(H,31,32). The summed E-state index contributed by atoms with van der Waals surface area (Å²) in [7, 11) is 0. The van der Waals surface area contributed by atoms with E-state index in [1.54, 1.807) is 6.92 Å². The molecule has 3 N–H and O–H groups in total. The molecule has 7 heteroatoms. The number of rotatable bonds is 8. The SMILES string of the molecule is CC#CCC(NC(=O)C(NC(=O)OCC1c2ccccc2-c2ccccc21)C1CCC1)C(=O)O. The van der Waals surface area contributed by atoms with Crippen LogP contribution in [0.4, 0.5) is 4.79 Å². The summed E-state index contributed by atoms with van der Waals surface area (Å²) < 4.78 is 5.59. The lowest BCUT2D eigenvalue weighted by Gasteiger charge is -2.33. The first-order valence-electron chi connectivity index (χ1n) is 11.5. The fourth-order valence-electron chi connectivity index (χ4n) is 4.60. The van der Waals surface area contributed by atoms with Gasteiger partial charge in [0.1, 0.15) is 18.7 Å². The van der Waals surface area contributed by atoms with Crippen molar-refractivity contribution in [3.8, 4) is 23.0 Å². The van der Waals surface area contributed by atoms with Crippen LogP contribution in [0.5, 0.6) is 0 Å². The molecule has 2 amide bonds. The number of hydrogen-bond donors (Lipinski definition) is 3. The Morgan fingerprint density at radius 1 is 1.03 bits per heavy atom. The zero-order chi connectivity index (χ0) is 24.1. The predicted octanol–water partition coefficient (Wildman–Crippen LogP) is 3.68. The lowest BCUT2D eigenvalue weighted by atomic mass is 9.79. The molecule has 0 radical (unpaired) electrons. The van der Waals surface area contributed by atoms with E-state index in [0.717, 1.165) is 41.5 Å². The first-order valence-corrected chi connectivity index (χ1v) is 11.5. The van der Waals surface area contributed by atoms with Gasteiger partial charge in [0.15, 0.2) is 0 Å². The fraction of sp³-hybridized carbons (Fsp3) is 0.370. The van der Waals surface area contributed by atoms with E-state index in [-0.39, 0.29) is 24.9 Å². The third-order valence-corrected chi connectivity index (χ3v) is 6.62. The van der Waals surface area contributed by atoms with Crippen LogP contribution in [0, 0.1) is 17.8 Å². The van der Waals surface area contributed by atoms with Crippen LogP contribution >= 0.6 is 0 Å². The fourth-order valence-corrected chi connectivity index (χ4v) is 4.60. The Kier molecular flexibility index (Phi) is 7.17. The molecule has 2 unspecified atom stereocenters. The van der Waals surface area contributed by atoms with Gasteiger partial charge in [-0.3, -0.25) is 4.79 Å². The monoisotopic (exact) mass is 460 g/mol. The molecule has 2 aliphatic rings. The molecule has 0 saturated heterocycles. The van der Waals surface area contributed by atoms with Gasteiger partial charge in [-0.1, -0.05) is 55.0 Å². The van der Waals surface area contributed by atoms with Gasteiger partial charge in [0.25, 0.3) is 0 Å². The molecule has 0 heterocycles. The number of aliphatic carboxylic acids is 1. The minimum absolute atomic E-state index is 0.0000949. The number of ether oxygens (including phenoxy) is 1. The van der Waals surface area contributed by atoms with E-state index < -0.39 is 30.1 Å². The number of carbonyl (C=O) groups is 3. The summed E-state index contributed by atoms with van der Waals surface area (Å²) in [5.74, 6) is 3.50. The molecule has 0 spiro atoms. The summed E-state index contributed by atoms with van der Waals surface area (Å²) in [6, 6.07) is 14.1. The van der Waals surface area contributed by atoms with Crippen molar-refractivity contribution in [3.63, 3.8) is 0 Å². The molecule has 2 aliphatic carbocycles. The Morgan fingerprint density at radius 2 is 1.65 bits per heavy atom. The molecule has 1 fully saturated rings. The van der Waals surface area contributed by atoms with Crippen LogP contribution in [0.25, 0.3) is 11.1 Å². The number of amides is 2. The Labute approximate surface area is 198 Å². The highest BCUT2D eigenvalue weighted by Crippen LogP contribution is 2.44. The summed E-state index contributed by atoms with van der Waals surface area (Å²) in [4.78, 5) is 37.1. The summed E-state index contributed by atoms with van der Waals surface area (Å²) in [5, 5.41) is 14.6. The molecule has 7 nitrogen and oxygen atoms in total. The maximum Gasteiger partial charge on any atom is 0.407 e. The smallest absolute Gasteiger partial charge is 0.407 e. The third-order valence-electron chi connectivity index (χ3n) is 6.62. The quantitative estimate of drug-likeness (QED) is 0.522. The normalized spacial score (nSPS) is 16.0. The molecule has 2 aromatic rings. The van der Waals surface area contributed by atoms with E-state index in [2.05, 4.69) is 34.6 Å². The second kappa shape index (κ2) is 10.4. The largest absolute Gasteiger partial charge is 0.480 e. The maximum atomic E-state index is 12.9. The molecule has 1 saturated carbocycles. The number of hydrogen-bond acceptors (Lipinski definition) is 4. The summed E-state index contributed by atoms with van der Waals surface area (Å²) in [6.07, 6.45) is 1.85. The highest BCUT2D eigenvalue weighted by atomic mass is 16.5. The lowest BCUT2D eigenvalue weighted by molar-refractivity contribution is -0.142. The van der Waals surface area contributed by atoms with Crippen LogP contribution in [0.2, 0.25) is 0 Å². The molecule has 4 rings (SSSR count). The van der Waals surface area contributed by atoms with Crippen molar-refractivity contribution in [1.82, 2.24) is 10.6 Å². The van der Waals surface area contributed by atoms with Crippen LogP contribution in [-0.2, 0) is 14.3 Å². The average molecular weight is 461 g/mol. The Balaban J connectivity index is 1.41.